The Balaban J connectivity index is 1.53. The van der Waals surface area contributed by atoms with E-state index in [-0.39, 0.29) is 18.0 Å². The monoisotopic (exact) mass is 458 g/mol. The number of amides is 1. The number of halogens is 2. The molecule has 7 heteroatoms. The van der Waals surface area contributed by atoms with E-state index < -0.39 is 5.79 Å². The molecule has 0 bridgehead atoms. The normalized spacial score (nSPS) is 27.2. The Morgan fingerprint density at radius 1 is 1.06 bits per heavy atom. The van der Waals surface area contributed by atoms with Crippen LogP contribution in [0.25, 0.3) is 11.1 Å². The largest absolute Gasteiger partial charge is 0.273 e. The van der Waals surface area contributed by atoms with Gasteiger partial charge in [0.05, 0.1) is 6.17 Å². The summed E-state index contributed by atoms with van der Waals surface area (Å²) in [6.07, 6.45) is 4.31. The second-order valence-corrected chi connectivity index (χ2v) is 9.75. The molecule has 5 rings (SSSR count). The molecule has 2 saturated heterocycles. The minimum Gasteiger partial charge on any atom is -0.273 e. The van der Waals surface area contributed by atoms with Gasteiger partial charge in [-0.05, 0) is 57.4 Å². The van der Waals surface area contributed by atoms with Gasteiger partial charge in [-0.2, -0.15) is 5.43 Å². The van der Waals surface area contributed by atoms with Gasteiger partial charge in [0.1, 0.15) is 0 Å². The van der Waals surface area contributed by atoms with Crippen LogP contribution in [0.1, 0.15) is 38.2 Å². The number of nitrogens with one attached hydrogen (secondary N) is 1. The first-order chi connectivity index (χ1) is 14.9. The van der Waals surface area contributed by atoms with E-state index in [2.05, 4.69) is 53.5 Å². The molecule has 2 unspecified atom stereocenters. The lowest BCUT2D eigenvalue weighted by Gasteiger charge is -2.43. The number of hydrogen-bond acceptors (Lipinski definition) is 4. The molecule has 164 valence electrons. The summed E-state index contributed by atoms with van der Waals surface area (Å²) < 4.78 is 0. The van der Waals surface area contributed by atoms with Crippen molar-refractivity contribution in [1.29, 1.82) is 0 Å². The molecule has 0 aromatic heterocycles. The first kappa shape index (κ1) is 21.2. The Labute approximate surface area is 193 Å². The number of likely N-dealkylation sites (tertiary alicyclic amines) is 1. The summed E-state index contributed by atoms with van der Waals surface area (Å²) in [5.41, 5.74) is 6.78. The zero-order valence-electron chi connectivity index (χ0n) is 17.9. The number of hydrazine groups is 1. The van der Waals surface area contributed by atoms with Crippen molar-refractivity contribution in [2.45, 2.75) is 44.6 Å². The maximum absolute atomic E-state index is 13.0. The first-order valence-corrected chi connectivity index (χ1v) is 11.8. The lowest BCUT2D eigenvalue weighted by molar-refractivity contribution is -0.138. The zero-order chi connectivity index (χ0) is 21.8. The molecule has 1 amide bonds. The second-order valence-electron chi connectivity index (χ2n) is 8.90. The first-order valence-electron chi connectivity index (χ1n) is 11.1. The highest BCUT2D eigenvalue weighted by atomic mass is 35.5. The van der Waals surface area contributed by atoms with Crippen LogP contribution in [-0.2, 0) is 10.6 Å². The van der Waals surface area contributed by atoms with Gasteiger partial charge < -0.3 is 0 Å². The van der Waals surface area contributed by atoms with Crippen LogP contribution in [0.3, 0.4) is 0 Å². The van der Waals surface area contributed by atoms with Gasteiger partial charge in [0, 0.05) is 40.2 Å². The van der Waals surface area contributed by atoms with Crippen LogP contribution in [-0.4, -0.2) is 47.0 Å². The van der Waals surface area contributed by atoms with E-state index in [1.54, 1.807) is 6.07 Å². The molecule has 2 aromatic rings. The lowest BCUT2D eigenvalue weighted by Crippen LogP contribution is -2.60. The van der Waals surface area contributed by atoms with Crippen LogP contribution in [0.5, 0.6) is 0 Å². The third-order valence-electron chi connectivity index (χ3n) is 6.98. The third kappa shape index (κ3) is 3.57. The molecule has 2 aromatic carbocycles. The highest BCUT2D eigenvalue weighted by Gasteiger charge is 2.55. The maximum Gasteiger partial charge on any atom is 0.241 e. The van der Waals surface area contributed by atoms with Crippen molar-refractivity contribution in [3.63, 3.8) is 0 Å². The van der Waals surface area contributed by atoms with Gasteiger partial charge in [0.2, 0.25) is 5.91 Å². The van der Waals surface area contributed by atoms with Crippen LogP contribution >= 0.6 is 23.2 Å². The minimum atomic E-state index is -0.539. The molecule has 0 spiro atoms. The predicted octanol–water partition coefficient (Wildman–Crippen LogP) is 4.90. The summed E-state index contributed by atoms with van der Waals surface area (Å²) in [5, 5.41) is 3.13. The molecular formula is C24H28Cl2N4O. The van der Waals surface area contributed by atoms with Crippen molar-refractivity contribution in [3.8, 4) is 11.1 Å². The molecule has 1 aliphatic carbocycles. The van der Waals surface area contributed by atoms with Gasteiger partial charge in [-0.25, -0.2) is 4.90 Å². The predicted molar refractivity (Wildman–Crippen MR) is 124 cm³/mol. The molecule has 5 nitrogen and oxygen atoms in total. The van der Waals surface area contributed by atoms with Gasteiger partial charge >= 0.3 is 0 Å². The van der Waals surface area contributed by atoms with Crippen molar-refractivity contribution in [1.82, 2.24) is 20.2 Å². The highest BCUT2D eigenvalue weighted by Crippen LogP contribution is 2.42. The quantitative estimate of drug-likeness (QED) is 0.706. The molecule has 3 fully saturated rings. The zero-order valence-corrected chi connectivity index (χ0v) is 19.5. The van der Waals surface area contributed by atoms with E-state index in [0.29, 0.717) is 10.0 Å². The number of carbonyl (C=O) groups excluding carboxylic acids is 1. The molecule has 1 saturated carbocycles. The fourth-order valence-corrected chi connectivity index (χ4v) is 5.46. The van der Waals surface area contributed by atoms with E-state index in [1.165, 1.54) is 12.8 Å². The Hall–Kier alpha value is -1.63. The molecule has 31 heavy (non-hydrogen) atoms. The van der Waals surface area contributed by atoms with Crippen molar-refractivity contribution in [3.05, 3.63) is 58.1 Å². The molecule has 2 atom stereocenters. The van der Waals surface area contributed by atoms with Crippen molar-refractivity contribution >= 4 is 29.1 Å². The van der Waals surface area contributed by atoms with Crippen LogP contribution in [0, 0.1) is 5.92 Å². The van der Waals surface area contributed by atoms with Gasteiger partial charge in [0.15, 0.2) is 5.79 Å². The van der Waals surface area contributed by atoms with E-state index in [4.69, 9.17) is 23.2 Å². The molecule has 3 aliphatic rings. The van der Waals surface area contributed by atoms with Gasteiger partial charge in [-0.1, -0.05) is 53.5 Å². The lowest BCUT2D eigenvalue weighted by atomic mass is 9.99. The van der Waals surface area contributed by atoms with E-state index in [0.717, 1.165) is 42.6 Å². The molecular weight excluding hydrogens is 431 g/mol. The molecule has 2 heterocycles. The van der Waals surface area contributed by atoms with E-state index >= 15 is 0 Å². The second kappa shape index (κ2) is 8.05. The average molecular weight is 459 g/mol. The van der Waals surface area contributed by atoms with Crippen molar-refractivity contribution in [2.24, 2.45) is 5.92 Å². The Morgan fingerprint density at radius 3 is 2.35 bits per heavy atom. The highest BCUT2D eigenvalue weighted by molar-refractivity contribution is 6.36. The number of carbonyl (C=O) groups is 1. The summed E-state index contributed by atoms with van der Waals surface area (Å²) in [6, 6.07) is 14.1. The van der Waals surface area contributed by atoms with Gasteiger partial charge in [-0.3, -0.25) is 14.7 Å². The summed E-state index contributed by atoms with van der Waals surface area (Å²) in [5.74, 6) is -0.153. The van der Waals surface area contributed by atoms with Gasteiger partial charge in [-0.15, -0.1) is 0 Å². The Morgan fingerprint density at radius 2 is 1.74 bits per heavy atom. The summed E-state index contributed by atoms with van der Waals surface area (Å²) in [4.78, 5) is 17.8. The molecule has 0 radical (unpaired) electrons. The Bertz CT molecular complexity index is 988. The SMILES string of the molecule is CC1N(C(=O)C2CC2)NC(c2ccc(-c3ccc(Cl)cc3Cl)cc2)(N2CCCC2)N1C. The van der Waals surface area contributed by atoms with Crippen LogP contribution in [0.2, 0.25) is 10.0 Å². The van der Waals surface area contributed by atoms with Crippen LogP contribution < -0.4 is 5.43 Å². The average Bonchev–Trinajstić information content (AvgIpc) is 3.40. The van der Waals surface area contributed by atoms with Crippen LogP contribution in [0.4, 0.5) is 0 Å². The van der Waals surface area contributed by atoms with Crippen LogP contribution in [0.15, 0.2) is 42.5 Å². The third-order valence-corrected chi connectivity index (χ3v) is 7.53. The maximum atomic E-state index is 13.0. The number of rotatable bonds is 4. The minimum absolute atomic E-state index is 0.0286. The summed E-state index contributed by atoms with van der Waals surface area (Å²) in [7, 11) is 2.11. The van der Waals surface area contributed by atoms with Crippen molar-refractivity contribution in [2.75, 3.05) is 20.1 Å². The van der Waals surface area contributed by atoms with Crippen molar-refractivity contribution < 1.29 is 4.79 Å². The molecule has 2 aliphatic heterocycles. The number of nitrogens with zero attached hydrogens (tertiary/aromatic N) is 3. The fourth-order valence-electron chi connectivity index (χ4n) is 4.94. The Kier molecular flexibility index (Phi) is 5.51. The van der Waals surface area contributed by atoms with E-state index in [9.17, 15) is 4.79 Å². The topological polar surface area (TPSA) is 38.8 Å². The standard InChI is InChI=1S/C24H28Cl2N4O/c1-16-28(2)24(29-13-3-4-14-29,27-30(16)23(31)18-5-6-18)19-9-7-17(8-10-19)21-12-11-20(25)15-22(21)26/h7-12,15-16,18,27H,3-6,13-14H2,1-2H3. The number of hydrogen-bond donors (Lipinski definition) is 1. The fraction of sp³-hybridized carbons (Fsp3) is 0.458. The summed E-state index contributed by atoms with van der Waals surface area (Å²) in [6.45, 7) is 4.10. The summed E-state index contributed by atoms with van der Waals surface area (Å²) >= 11 is 12.5. The number of benzene rings is 2. The smallest absolute Gasteiger partial charge is 0.241 e. The van der Waals surface area contributed by atoms with E-state index in [1.807, 2.05) is 17.1 Å². The molecule has 1 N–H and O–H groups in total. The van der Waals surface area contributed by atoms with Gasteiger partial charge in [0.25, 0.3) is 0 Å².